The number of nitrogens with two attached hydrogens (primary N) is 1. The number of esters is 1. The van der Waals surface area contributed by atoms with Gasteiger partial charge in [0.2, 0.25) is 0 Å². The van der Waals surface area contributed by atoms with Crippen molar-refractivity contribution < 1.29 is 19.1 Å². The fourth-order valence-corrected chi connectivity index (χ4v) is 2.80. The molecule has 3 rings (SSSR count). The van der Waals surface area contributed by atoms with Crippen molar-refractivity contribution in [2.75, 3.05) is 12.0 Å². The number of anilines is 1. The third-order valence-electron chi connectivity index (χ3n) is 4.15. The lowest BCUT2D eigenvalue weighted by atomic mass is 10.1. The number of amides is 2. The number of fused-ring (bicyclic) bond motifs is 1. The molecule has 7 nitrogen and oxygen atoms in total. The minimum atomic E-state index is -0.780. The molecule has 0 fully saturated rings. The Balaban J connectivity index is 1.84. The highest BCUT2D eigenvalue weighted by Crippen LogP contribution is 2.31. The predicted molar refractivity (Wildman–Crippen MR) is 94.0 cm³/mol. The number of carbonyl (C=O) groups excluding carboxylic acids is 3. The molecule has 1 atom stereocenters. The van der Waals surface area contributed by atoms with Gasteiger partial charge < -0.3 is 10.5 Å². The lowest BCUT2D eigenvalue weighted by Gasteiger charge is -2.15. The van der Waals surface area contributed by atoms with Crippen LogP contribution in [0, 0.1) is 6.57 Å². The highest BCUT2D eigenvalue weighted by molar-refractivity contribution is 6.34. The Morgan fingerprint density at radius 1 is 1.15 bits per heavy atom. The second-order valence-corrected chi connectivity index (χ2v) is 5.79. The van der Waals surface area contributed by atoms with Gasteiger partial charge in [-0.1, -0.05) is 24.3 Å². The first kappa shape index (κ1) is 17.3. The number of nitrogens with zero attached hydrogens (tertiary/aromatic N) is 2. The molecule has 0 bridgehead atoms. The average molecular weight is 349 g/mol. The quantitative estimate of drug-likeness (QED) is 0.518. The summed E-state index contributed by atoms with van der Waals surface area (Å²) in [5.41, 5.74) is 7.72. The van der Waals surface area contributed by atoms with Crippen LogP contribution < -0.4 is 10.6 Å². The largest absolute Gasteiger partial charge is 0.468 e. The van der Waals surface area contributed by atoms with Gasteiger partial charge in [-0.2, -0.15) is 0 Å². The SMILES string of the molecule is [C-]#[N+]c1ccc2c(c1)C(=O)N(c1ccc(CC(N)C(=O)OC)cc1)C2=O. The van der Waals surface area contributed by atoms with Crippen LogP contribution in [0.4, 0.5) is 11.4 Å². The minimum Gasteiger partial charge on any atom is -0.468 e. The normalized spacial score (nSPS) is 14.0. The molecule has 2 aromatic rings. The molecule has 0 aliphatic carbocycles. The molecule has 1 aliphatic heterocycles. The topological polar surface area (TPSA) is 94.1 Å². The molecule has 130 valence electrons. The Hall–Kier alpha value is -3.50. The van der Waals surface area contributed by atoms with E-state index >= 15 is 0 Å². The van der Waals surface area contributed by atoms with E-state index in [1.54, 1.807) is 24.3 Å². The molecule has 0 aromatic heterocycles. The summed E-state index contributed by atoms with van der Waals surface area (Å²) in [6.07, 6.45) is 0.281. The molecule has 7 heteroatoms. The van der Waals surface area contributed by atoms with Crippen molar-refractivity contribution in [3.8, 4) is 0 Å². The molecule has 1 unspecified atom stereocenters. The summed E-state index contributed by atoms with van der Waals surface area (Å²) < 4.78 is 4.59. The molecule has 1 aliphatic rings. The van der Waals surface area contributed by atoms with Gasteiger partial charge in [0.15, 0.2) is 5.69 Å². The van der Waals surface area contributed by atoms with E-state index in [9.17, 15) is 14.4 Å². The first-order valence-corrected chi connectivity index (χ1v) is 7.79. The summed E-state index contributed by atoms with van der Waals surface area (Å²) in [6.45, 7) is 7.03. The van der Waals surface area contributed by atoms with E-state index in [0.29, 0.717) is 11.4 Å². The van der Waals surface area contributed by atoms with E-state index in [-0.39, 0.29) is 17.5 Å². The van der Waals surface area contributed by atoms with Crippen LogP contribution in [0.2, 0.25) is 0 Å². The van der Waals surface area contributed by atoms with Gasteiger partial charge in [0.25, 0.3) is 11.8 Å². The Labute approximate surface area is 149 Å². The third-order valence-corrected chi connectivity index (χ3v) is 4.15. The Kier molecular flexibility index (Phi) is 4.52. The maximum Gasteiger partial charge on any atom is 0.322 e. The number of hydrogen-bond donors (Lipinski definition) is 1. The smallest absolute Gasteiger partial charge is 0.322 e. The van der Waals surface area contributed by atoms with E-state index in [0.717, 1.165) is 10.5 Å². The summed E-state index contributed by atoms with van der Waals surface area (Å²) in [5.74, 6) is -1.40. The summed E-state index contributed by atoms with van der Waals surface area (Å²) in [6, 6.07) is 10.3. The Bertz CT molecular complexity index is 944. The first-order valence-electron chi connectivity index (χ1n) is 7.79. The molecule has 26 heavy (non-hydrogen) atoms. The van der Waals surface area contributed by atoms with E-state index in [1.165, 1.54) is 25.3 Å². The summed E-state index contributed by atoms with van der Waals surface area (Å²) in [5, 5.41) is 0. The lowest BCUT2D eigenvalue weighted by molar-refractivity contribution is -0.142. The van der Waals surface area contributed by atoms with Gasteiger partial charge in [0.05, 0.1) is 24.9 Å². The van der Waals surface area contributed by atoms with Crippen LogP contribution in [0.25, 0.3) is 4.85 Å². The standard InChI is InChI=1S/C19H15N3O4/c1-21-12-5-8-14-15(10-12)18(24)22(17(14)23)13-6-3-11(4-7-13)9-16(20)19(25)26-2/h3-8,10,16H,9,20H2,2H3. The van der Waals surface area contributed by atoms with E-state index in [4.69, 9.17) is 12.3 Å². The molecular formula is C19H15N3O4. The molecule has 0 radical (unpaired) electrons. The number of rotatable bonds is 4. The zero-order chi connectivity index (χ0) is 18.8. The van der Waals surface area contributed by atoms with Crippen molar-refractivity contribution in [2.24, 2.45) is 5.73 Å². The average Bonchev–Trinajstić information content (AvgIpc) is 2.91. The lowest BCUT2D eigenvalue weighted by Crippen LogP contribution is -2.33. The molecular weight excluding hydrogens is 334 g/mol. The molecule has 2 amide bonds. The zero-order valence-corrected chi connectivity index (χ0v) is 13.9. The van der Waals surface area contributed by atoms with Crippen LogP contribution in [0.3, 0.4) is 0 Å². The Morgan fingerprint density at radius 2 is 1.81 bits per heavy atom. The van der Waals surface area contributed by atoms with Crippen molar-refractivity contribution in [3.05, 3.63) is 70.6 Å². The second kappa shape index (κ2) is 6.78. The first-order chi connectivity index (χ1) is 12.5. The van der Waals surface area contributed by atoms with E-state index in [2.05, 4.69) is 9.58 Å². The number of ether oxygens (including phenoxy) is 1. The number of benzene rings is 2. The monoisotopic (exact) mass is 349 g/mol. The number of imide groups is 1. The Morgan fingerprint density at radius 3 is 2.42 bits per heavy atom. The zero-order valence-electron chi connectivity index (χ0n) is 13.9. The fraction of sp³-hybridized carbons (Fsp3) is 0.158. The van der Waals surface area contributed by atoms with Crippen molar-refractivity contribution in [1.82, 2.24) is 0 Å². The predicted octanol–water partition coefficient (Wildman–Crippen LogP) is 2.08. The molecule has 1 heterocycles. The van der Waals surface area contributed by atoms with Crippen molar-refractivity contribution in [2.45, 2.75) is 12.5 Å². The van der Waals surface area contributed by atoms with Gasteiger partial charge in [-0.05, 0) is 30.2 Å². The summed E-state index contributed by atoms with van der Waals surface area (Å²) in [7, 11) is 1.27. The third kappa shape index (κ3) is 2.94. The van der Waals surface area contributed by atoms with Crippen LogP contribution in [0.5, 0.6) is 0 Å². The highest BCUT2D eigenvalue weighted by atomic mass is 16.5. The van der Waals surface area contributed by atoms with Crippen molar-refractivity contribution >= 4 is 29.2 Å². The maximum atomic E-state index is 12.6. The van der Waals surface area contributed by atoms with E-state index in [1.807, 2.05) is 0 Å². The highest BCUT2D eigenvalue weighted by Gasteiger charge is 2.36. The van der Waals surface area contributed by atoms with Gasteiger partial charge >= 0.3 is 5.97 Å². The van der Waals surface area contributed by atoms with Crippen LogP contribution in [0.15, 0.2) is 42.5 Å². The van der Waals surface area contributed by atoms with Crippen LogP contribution in [0.1, 0.15) is 26.3 Å². The van der Waals surface area contributed by atoms with Gasteiger partial charge in [-0.3, -0.25) is 14.4 Å². The molecule has 0 saturated carbocycles. The van der Waals surface area contributed by atoms with Crippen LogP contribution >= 0.6 is 0 Å². The molecule has 2 aromatic carbocycles. The summed E-state index contributed by atoms with van der Waals surface area (Å²) in [4.78, 5) is 40.9. The van der Waals surface area contributed by atoms with Crippen molar-refractivity contribution in [1.29, 1.82) is 0 Å². The number of hydrogen-bond acceptors (Lipinski definition) is 5. The number of carbonyl (C=O) groups is 3. The molecule has 2 N–H and O–H groups in total. The molecule has 0 saturated heterocycles. The van der Waals surface area contributed by atoms with Crippen molar-refractivity contribution in [3.63, 3.8) is 0 Å². The van der Waals surface area contributed by atoms with Gasteiger partial charge in [0, 0.05) is 5.56 Å². The van der Waals surface area contributed by atoms with E-state index < -0.39 is 23.8 Å². The maximum absolute atomic E-state index is 12.6. The summed E-state index contributed by atoms with van der Waals surface area (Å²) >= 11 is 0. The fourth-order valence-electron chi connectivity index (χ4n) is 2.80. The van der Waals surface area contributed by atoms with Gasteiger partial charge in [-0.15, -0.1) is 0 Å². The second-order valence-electron chi connectivity index (χ2n) is 5.79. The van der Waals surface area contributed by atoms with Gasteiger partial charge in [-0.25, -0.2) is 9.74 Å². The van der Waals surface area contributed by atoms with Gasteiger partial charge in [0.1, 0.15) is 6.04 Å². The number of methoxy groups -OCH3 is 1. The van der Waals surface area contributed by atoms with Crippen LogP contribution in [-0.2, 0) is 16.0 Å². The van der Waals surface area contributed by atoms with Crippen LogP contribution in [-0.4, -0.2) is 30.9 Å². The minimum absolute atomic E-state index is 0.222. The molecule has 0 spiro atoms.